The summed E-state index contributed by atoms with van der Waals surface area (Å²) in [6, 6.07) is 9.25. The van der Waals surface area contributed by atoms with Crippen molar-refractivity contribution in [3.05, 3.63) is 51.2 Å². The number of carbonyl (C=O) groups is 2. The standard InChI is InChI=1S/C18H18N4O3S/c1-18(2)10-21(17(20)24)9-12-7-14(26-15(12)18)16(23)22(25)13-5-3-11(8-19)4-6-13/h3-7,25H,9-10H2,1-2H3,(H2,20,24). The fraction of sp³-hybridized carbons (Fsp3) is 0.278. The van der Waals surface area contributed by atoms with Gasteiger partial charge in [0.1, 0.15) is 0 Å². The minimum absolute atomic E-state index is 0.276. The number of hydrogen-bond donors (Lipinski definition) is 2. The maximum absolute atomic E-state index is 12.7. The van der Waals surface area contributed by atoms with Crippen molar-refractivity contribution < 1.29 is 14.8 Å². The average molecular weight is 370 g/mol. The van der Waals surface area contributed by atoms with E-state index in [1.54, 1.807) is 11.0 Å². The van der Waals surface area contributed by atoms with E-state index >= 15 is 0 Å². The summed E-state index contributed by atoms with van der Waals surface area (Å²) in [5, 5.41) is 19.7. The van der Waals surface area contributed by atoms with Gasteiger partial charge in [0, 0.05) is 23.4 Å². The highest BCUT2D eigenvalue weighted by Crippen LogP contribution is 2.39. The predicted molar refractivity (Wildman–Crippen MR) is 97.1 cm³/mol. The molecule has 0 unspecified atom stereocenters. The summed E-state index contributed by atoms with van der Waals surface area (Å²) >= 11 is 1.31. The van der Waals surface area contributed by atoms with Gasteiger partial charge < -0.3 is 10.6 Å². The van der Waals surface area contributed by atoms with Crippen LogP contribution < -0.4 is 10.8 Å². The number of fused-ring (bicyclic) bond motifs is 1. The SMILES string of the molecule is CC1(C)CN(C(N)=O)Cc2cc(C(=O)N(O)c3ccc(C#N)cc3)sc21. The molecule has 0 spiro atoms. The van der Waals surface area contributed by atoms with Crippen LogP contribution in [0.4, 0.5) is 10.5 Å². The number of hydroxylamine groups is 1. The molecule has 0 radical (unpaired) electrons. The summed E-state index contributed by atoms with van der Waals surface area (Å²) in [5.74, 6) is -0.560. The van der Waals surface area contributed by atoms with E-state index in [0.29, 0.717) is 28.6 Å². The number of thiophene rings is 1. The Morgan fingerprint density at radius 3 is 2.58 bits per heavy atom. The van der Waals surface area contributed by atoms with Gasteiger partial charge in [-0.2, -0.15) is 10.3 Å². The number of amides is 3. The van der Waals surface area contributed by atoms with E-state index in [9.17, 15) is 14.8 Å². The third kappa shape index (κ3) is 3.14. The van der Waals surface area contributed by atoms with Gasteiger partial charge in [-0.15, -0.1) is 11.3 Å². The molecule has 7 nitrogen and oxygen atoms in total. The highest BCUT2D eigenvalue weighted by Gasteiger charge is 2.36. The molecule has 134 valence electrons. The van der Waals surface area contributed by atoms with Crippen molar-refractivity contribution in [3.63, 3.8) is 0 Å². The third-order valence-corrected chi connectivity index (χ3v) is 5.86. The Kier molecular flexibility index (Phi) is 4.44. The van der Waals surface area contributed by atoms with E-state index in [0.717, 1.165) is 10.4 Å². The fourth-order valence-corrected chi connectivity index (χ4v) is 4.28. The van der Waals surface area contributed by atoms with E-state index in [-0.39, 0.29) is 11.1 Å². The maximum Gasteiger partial charge on any atom is 0.315 e. The first kappa shape index (κ1) is 17.9. The van der Waals surface area contributed by atoms with E-state index < -0.39 is 11.9 Å². The first-order chi connectivity index (χ1) is 12.2. The number of nitriles is 1. The topological polar surface area (TPSA) is 111 Å². The van der Waals surface area contributed by atoms with Gasteiger partial charge in [0.05, 0.1) is 22.2 Å². The van der Waals surface area contributed by atoms with Gasteiger partial charge in [0.25, 0.3) is 5.91 Å². The van der Waals surface area contributed by atoms with E-state index in [4.69, 9.17) is 11.0 Å². The number of nitrogens with two attached hydrogens (primary N) is 1. The Labute approximate surface area is 154 Å². The van der Waals surface area contributed by atoms with Crippen LogP contribution in [0.25, 0.3) is 0 Å². The lowest BCUT2D eigenvalue weighted by molar-refractivity contribution is 0.0859. The Morgan fingerprint density at radius 2 is 2.00 bits per heavy atom. The highest BCUT2D eigenvalue weighted by atomic mass is 32.1. The molecule has 1 aliphatic rings. The smallest absolute Gasteiger partial charge is 0.315 e. The minimum atomic E-state index is -0.560. The number of rotatable bonds is 2. The Balaban J connectivity index is 1.90. The van der Waals surface area contributed by atoms with Crippen molar-refractivity contribution in [2.75, 3.05) is 11.6 Å². The number of carbonyl (C=O) groups excluding carboxylic acids is 2. The Bertz CT molecular complexity index is 912. The molecular formula is C18H18N4O3S. The Morgan fingerprint density at radius 1 is 1.35 bits per heavy atom. The number of hydrogen-bond acceptors (Lipinski definition) is 5. The zero-order valence-electron chi connectivity index (χ0n) is 14.4. The molecule has 0 atom stereocenters. The zero-order valence-corrected chi connectivity index (χ0v) is 15.2. The molecule has 1 aromatic heterocycles. The molecule has 1 aliphatic heterocycles. The Hall–Kier alpha value is -2.89. The van der Waals surface area contributed by atoms with Crippen LogP contribution in [0.15, 0.2) is 30.3 Å². The van der Waals surface area contributed by atoms with Crippen molar-refractivity contribution >= 4 is 29.0 Å². The quantitative estimate of drug-likeness (QED) is 0.625. The fourth-order valence-electron chi connectivity index (χ4n) is 3.09. The van der Waals surface area contributed by atoms with Crippen LogP contribution in [0.3, 0.4) is 0 Å². The number of benzene rings is 1. The molecule has 3 amide bonds. The summed E-state index contributed by atoms with van der Waals surface area (Å²) < 4.78 is 0. The van der Waals surface area contributed by atoms with Crippen molar-refractivity contribution in [2.24, 2.45) is 5.73 Å². The number of primary amides is 1. The summed E-state index contributed by atoms with van der Waals surface area (Å²) in [7, 11) is 0. The highest BCUT2D eigenvalue weighted by molar-refractivity contribution is 7.14. The second-order valence-corrected chi connectivity index (χ2v) is 7.87. The molecule has 0 aliphatic carbocycles. The third-order valence-electron chi connectivity index (χ3n) is 4.33. The van der Waals surface area contributed by atoms with E-state index in [1.165, 1.54) is 35.6 Å². The molecule has 0 saturated carbocycles. The van der Waals surface area contributed by atoms with Crippen LogP contribution in [-0.4, -0.2) is 28.6 Å². The lowest BCUT2D eigenvalue weighted by atomic mass is 9.85. The van der Waals surface area contributed by atoms with Gasteiger partial charge in [-0.25, -0.2) is 4.79 Å². The van der Waals surface area contributed by atoms with Gasteiger partial charge in [0.15, 0.2) is 0 Å². The van der Waals surface area contributed by atoms with Gasteiger partial charge in [-0.05, 0) is 35.9 Å². The second kappa shape index (κ2) is 6.44. The van der Waals surface area contributed by atoms with Crippen molar-refractivity contribution in [3.8, 4) is 6.07 Å². The van der Waals surface area contributed by atoms with Crippen LogP contribution in [0.2, 0.25) is 0 Å². The molecular weight excluding hydrogens is 352 g/mol. The van der Waals surface area contributed by atoms with Crippen LogP contribution in [0.1, 0.15) is 39.5 Å². The second-order valence-electron chi connectivity index (χ2n) is 6.82. The predicted octanol–water partition coefficient (Wildman–Crippen LogP) is 2.83. The molecule has 0 fully saturated rings. The average Bonchev–Trinajstić information content (AvgIpc) is 3.05. The number of anilines is 1. The molecule has 2 heterocycles. The minimum Gasteiger partial charge on any atom is -0.351 e. The summed E-state index contributed by atoms with van der Waals surface area (Å²) in [6.45, 7) is 4.80. The monoisotopic (exact) mass is 370 g/mol. The van der Waals surface area contributed by atoms with Gasteiger partial charge >= 0.3 is 6.03 Å². The molecule has 0 saturated heterocycles. The van der Waals surface area contributed by atoms with Gasteiger partial charge in [-0.3, -0.25) is 10.0 Å². The molecule has 8 heteroatoms. The lowest BCUT2D eigenvalue weighted by Crippen LogP contribution is -2.46. The maximum atomic E-state index is 12.7. The first-order valence-electron chi connectivity index (χ1n) is 7.94. The molecule has 0 bridgehead atoms. The van der Waals surface area contributed by atoms with Gasteiger partial charge in [-0.1, -0.05) is 13.8 Å². The zero-order chi connectivity index (χ0) is 19.1. The summed E-state index contributed by atoms with van der Waals surface area (Å²) in [4.78, 5) is 27.1. The van der Waals surface area contributed by atoms with E-state index in [1.807, 2.05) is 19.9 Å². The van der Waals surface area contributed by atoms with Crippen LogP contribution in [0, 0.1) is 11.3 Å². The summed E-state index contributed by atoms with van der Waals surface area (Å²) in [5.41, 5.74) is 6.66. The van der Waals surface area contributed by atoms with Crippen molar-refractivity contribution in [1.29, 1.82) is 5.26 Å². The number of nitrogens with zero attached hydrogens (tertiary/aromatic N) is 3. The molecule has 1 aromatic carbocycles. The van der Waals surface area contributed by atoms with Crippen LogP contribution >= 0.6 is 11.3 Å². The lowest BCUT2D eigenvalue weighted by Gasteiger charge is -2.36. The molecule has 3 rings (SSSR count). The van der Waals surface area contributed by atoms with Gasteiger partial charge in [0.2, 0.25) is 0 Å². The normalized spacial score (nSPS) is 15.1. The van der Waals surface area contributed by atoms with Crippen LogP contribution in [0.5, 0.6) is 0 Å². The van der Waals surface area contributed by atoms with Crippen LogP contribution in [-0.2, 0) is 12.0 Å². The largest absolute Gasteiger partial charge is 0.351 e. The molecule has 3 N–H and O–H groups in total. The molecule has 2 aromatic rings. The molecule has 26 heavy (non-hydrogen) atoms. The van der Waals surface area contributed by atoms with Crippen molar-refractivity contribution in [1.82, 2.24) is 4.90 Å². The first-order valence-corrected chi connectivity index (χ1v) is 8.75. The summed E-state index contributed by atoms with van der Waals surface area (Å²) in [6.07, 6.45) is 0. The van der Waals surface area contributed by atoms with E-state index in [2.05, 4.69) is 0 Å². The van der Waals surface area contributed by atoms with Crippen molar-refractivity contribution in [2.45, 2.75) is 25.8 Å². The number of urea groups is 1.